The van der Waals surface area contributed by atoms with Crippen molar-refractivity contribution in [2.75, 3.05) is 11.9 Å². The summed E-state index contributed by atoms with van der Waals surface area (Å²) >= 11 is 1.73. The number of para-hydroxylation sites is 2. The molecule has 0 radical (unpaired) electrons. The molecule has 0 atom stereocenters. The van der Waals surface area contributed by atoms with Crippen molar-refractivity contribution in [1.82, 2.24) is 9.38 Å². The van der Waals surface area contributed by atoms with Crippen molar-refractivity contribution in [2.24, 2.45) is 5.92 Å². The van der Waals surface area contributed by atoms with Gasteiger partial charge in [-0.3, -0.25) is 4.40 Å². The minimum Gasteiger partial charge on any atom is -0.382 e. The minimum absolute atomic E-state index is 0.482. The quantitative estimate of drug-likeness (QED) is 0.437. The average molecular weight is 370 g/mol. The van der Waals surface area contributed by atoms with E-state index < -0.39 is 0 Å². The number of aromatic nitrogens is 2. The lowest BCUT2D eigenvalue weighted by Gasteiger charge is -2.13. The second-order valence-electron chi connectivity index (χ2n) is 7.17. The van der Waals surface area contributed by atoms with E-state index in [0.717, 1.165) is 39.1 Å². The molecule has 0 amide bonds. The van der Waals surface area contributed by atoms with Gasteiger partial charge in [0.2, 0.25) is 0 Å². The van der Waals surface area contributed by atoms with Gasteiger partial charge in [-0.25, -0.2) is 4.98 Å². The highest BCUT2D eigenvalue weighted by Crippen LogP contribution is 2.42. The van der Waals surface area contributed by atoms with Gasteiger partial charge in [0.05, 0.1) is 26.9 Å². The third-order valence-electron chi connectivity index (χ3n) is 4.85. The first-order valence-corrected chi connectivity index (χ1v) is 9.89. The average Bonchev–Trinajstić information content (AvgIpc) is 3.23. The number of thiophene rings is 1. The zero-order valence-electron chi connectivity index (χ0n) is 15.2. The topological polar surface area (TPSA) is 53.1 Å². The van der Waals surface area contributed by atoms with E-state index in [9.17, 15) is 5.26 Å². The molecule has 2 aromatic carbocycles. The molecule has 0 fully saturated rings. The van der Waals surface area contributed by atoms with Crippen molar-refractivity contribution < 1.29 is 0 Å². The van der Waals surface area contributed by atoms with Crippen LogP contribution in [0.3, 0.4) is 0 Å². The first-order chi connectivity index (χ1) is 13.2. The summed E-state index contributed by atoms with van der Waals surface area (Å²) in [6.45, 7) is 5.15. The number of imidazole rings is 1. The van der Waals surface area contributed by atoms with Gasteiger partial charge in [-0.05, 0) is 24.1 Å². The zero-order valence-corrected chi connectivity index (χ0v) is 16.0. The fourth-order valence-corrected chi connectivity index (χ4v) is 4.86. The van der Waals surface area contributed by atoms with Crippen molar-refractivity contribution in [1.29, 1.82) is 5.26 Å². The smallest absolute Gasteiger partial charge is 0.158 e. The van der Waals surface area contributed by atoms with Gasteiger partial charge in [0, 0.05) is 16.6 Å². The number of rotatable bonds is 3. The summed E-state index contributed by atoms with van der Waals surface area (Å²) in [6.07, 6.45) is 0. The van der Waals surface area contributed by atoms with Crippen LogP contribution in [0.25, 0.3) is 37.0 Å². The summed E-state index contributed by atoms with van der Waals surface area (Å²) in [5, 5.41) is 14.7. The van der Waals surface area contributed by atoms with Gasteiger partial charge in [-0.1, -0.05) is 44.2 Å². The SMILES string of the molecule is CC(C)CNc1c(C#N)c2nc3ccccc3n2c2c1sc1ccccc12. The van der Waals surface area contributed by atoms with Gasteiger partial charge >= 0.3 is 0 Å². The number of hydrogen-bond donors (Lipinski definition) is 1. The van der Waals surface area contributed by atoms with Gasteiger partial charge in [0.15, 0.2) is 5.65 Å². The molecule has 3 heterocycles. The van der Waals surface area contributed by atoms with Gasteiger partial charge in [0.1, 0.15) is 11.6 Å². The van der Waals surface area contributed by atoms with E-state index in [1.807, 2.05) is 18.2 Å². The number of pyridine rings is 1. The molecular weight excluding hydrogens is 352 g/mol. The minimum atomic E-state index is 0.482. The number of benzene rings is 2. The molecule has 27 heavy (non-hydrogen) atoms. The Labute approximate surface area is 160 Å². The molecule has 0 saturated carbocycles. The molecule has 0 unspecified atom stereocenters. The molecule has 1 N–H and O–H groups in total. The monoisotopic (exact) mass is 370 g/mol. The Morgan fingerprint density at radius 2 is 1.93 bits per heavy atom. The van der Waals surface area contributed by atoms with E-state index in [1.165, 1.54) is 10.1 Å². The van der Waals surface area contributed by atoms with Crippen molar-refractivity contribution in [2.45, 2.75) is 13.8 Å². The second kappa shape index (κ2) is 5.97. The second-order valence-corrected chi connectivity index (χ2v) is 8.22. The fraction of sp³-hybridized carbons (Fsp3) is 0.182. The molecule has 5 rings (SSSR count). The molecule has 3 aromatic heterocycles. The predicted octanol–water partition coefficient (Wildman–Crippen LogP) is 5.79. The lowest BCUT2D eigenvalue weighted by molar-refractivity contribution is 0.689. The van der Waals surface area contributed by atoms with Gasteiger partial charge in [-0.2, -0.15) is 5.26 Å². The van der Waals surface area contributed by atoms with Crippen molar-refractivity contribution in [3.8, 4) is 6.07 Å². The van der Waals surface area contributed by atoms with Crippen LogP contribution in [0.1, 0.15) is 19.4 Å². The Bertz CT molecular complexity index is 1370. The van der Waals surface area contributed by atoms with Crippen LogP contribution in [0.4, 0.5) is 5.69 Å². The molecule has 4 nitrogen and oxygen atoms in total. The molecule has 5 heteroatoms. The largest absolute Gasteiger partial charge is 0.382 e. The molecule has 0 aliphatic heterocycles. The van der Waals surface area contributed by atoms with E-state index in [0.29, 0.717) is 11.5 Å². The van der Waals surface area contributed by atoms with Gasteiger partial charge in [0.25, 0.3) is 0 Å². The molecule has 5 aromatic rings. The molecule has 0 spiro atoms. The predicted molar refractivity (Wildman–Crippen MR) is 114 cm³/mol. The lowest BCUT2D eigenvalue weighted by atomic mass is 10.1. The van der Waals surface area contributed by atoms with Gasteiger partial charge < -0.3 is 5.32 Å². The van der Waals surface area contributed by atoms with Crippen LogP contribution in [0.2, 0.25) is 0 Å². The standard InChI is InChI=1S/C22H18N4S/c1-13(2)12-24-19-15(11-23)22-25-16-8-4-5-9-17(16)26(22)20-14-7-3-6-10-18(14)27-21(19)20/h3-10,13,24H,12H2,1-2H3. The Morgan fingerprint density at radius 1 is 1.15 bits per heavy atom. The third kappa shape index (κ3) is 2.30. The zero-order chi connectivity index (χ0) is 18.5. The van der Waals surface area contributed by atoms with E-state index in [4.69, 9.17) is 4.98 Å². The van der Waals surface area contributed by atoms with Crippen molar-refractivity contribution >= 4 is 54.0 Å². The molecule has 0 saturated heterocycles. The first-order valence-electron chi connectivity index (χ1n) is 9.07. The first kappa shape index (κ1) is 16.1. The summed E-state index contributed by atoms with van der Waals surface area (Å²) < 4.78 is 4.49. The summed E-state index contributed by atoms with van der Waals surface area (Å²) in [5.41, 5.74) is 5.32. The maximum Gasteiger partial charge on any atom is 0.158 e. The molecule has 0 aliphatic rings. The third-order valence-corrected chi connectivity index (χ3v) is 6.03. The van der Waals surface area contributed by atoms with Crippen LogP contribution in [-0.2, 0) is 0 Å². The molecule has 132 valence electrons. The fourth-order valence-electron chi connectivity index (χ4n) is 3.65. The summed E-state index contributed by atoms with van der Waals surface area (Å²) in [6, 6.07) is 18.9. The number of nitrogens with zero attached hydrogens (tertiary/aromatic N) is 3. The van der Waals surface area contributed by atoms with Crippen molar-refractivity contribution in [3.63, 3.8) is 0 Å². The molecule has 0 bridgehead atoms. The summed E-state index contributed by atoms with van der Waals surface area (Å²) in [5.74, 6) is 0.482. The Kier molecular flexibility index (Phi) is 3.56. The van der Waals surface area contributed by atoms with Crippen LogP contribution in [-0.4, -0.2) is 15.9 Å². The van der Waals surface area contributed by atoms with Crippen LogP contribution in [0, 0.1) is 17.2 Å². The Balaban J connectivity index is 2.04. The van der Waals surface area contributed by atoms with E-state index >= 15 is 0 Å². The van der Waals surface area contributed by atoms with Gasteiger partial charge in [-0.15, -0.1) is 11.3 Å². The van der Waals surface area contributed by atoms with Crippen LogP contribution in [0.15, 0.2) is 48.5 Å². The van der Waals surface area contributed by atoms with E-state index in [2.05, 4.69) is 60.0 Å². The van der Waals surface area contributed by atoms with Crippen LogP contribution in [0.5, 0.6) is 0 Å². The number of nitriles is 1. The molecule has 0 aliphatic carbocycles. The Morgan fingerprint density at radius 3 is 2.74 bits per heavy atom. The van der Waals surface area contributed by atoms with E-state index in [-0.39, 0.29) is 0 Å². The van der Waals surface area contributed by atoms with Crippen LogP contribution < -0.4 is 5.32 Å². The summed E-state index contributed by atoms with van der Waals surface area (Å²) in [4.78, 5) is 4.82. The molecular formula is C22H18N4S. The Hall–Kier alpha value is -3.10. The van der Waals surface area contributed by atoms with E-state index in [1.54, 1.807) is 11.3 Å². The maximum absolute atomic E-state index is 10.0. The number of hydrogen-bond acceptors (Lipinski definition) is 4. The number of fused-ring (bicyclic) bond motifs is 7. The highest BCUT2D eigenvalue weighted by atomic mass is 32.1. The van der Waals surface area contributed by atoms with Crippen LogP contribution >= 0.6 is 11.3 Å². The normalized spacial score (nSPS) is 11.8. The number of nitrogens with one attached hydrogen (secondary N) is 1. The maximum atomic E-state index is 10.0. The summed E-state index contributed by atoms with van der Waals surface area (Å²) in [7, 11) is 0. The van der Waals surface area contributed by atoms with Crippen molar-refractivity contribution in [3.05, 3.63) is 54.1 Å². The lowest BCUT2D eigenvalue weighted by Crippen LogP contribution is -2.10. The highest BCUT2D eigenvalue weighted by molar-refractivity contribution is 7.26. The highest BCUT2D eigenvalue weighted by Gasteiger charge is 2.21. The number of anilines is 1.